The van der Waals surface area contributed by atoms with E-state index in [2.05, 4.69) is 5.38 Å². The van der Waals surface area contributed by atoms with Gasteiger partial charge in [-0.15, -0.1) is 0 Å². The first-order valence-electron chi connectivity index (χ1n) is 5.29. The lowest BCUT2D eigenvalue weighted by atomic mass is 10.1. The van der Waals surface area contributed by atoms with E-state index in [0.717, 1.165) is 5.56 Å². The number of thiophene rings is 1. The van der Waals surface area contributed by atoms with Gasteiger partial charge in [-0.1, -0.05) is 0 Å². The van der Waals surface area contributed by atoms with E-state index in [0.29, 0.717) is 19.7 Å². The van der Waals surface area contributed by atoms with Crippen molar-refractivity contribution in [3.8, 4) is 0 Å². The van der Waals surface area contributed by atoms with Gasteiger partial charge >= 0.3 is 5.97 Å². The third-order valence-electron chi connectivity index (χ3n) is 2.92. The highest BCUT2D eigenvalue weighted by atomic mass is 32.1. The lowest BCUT2D eigenvalue weighted by molar-refractivity contribution is -0.145. The number of carboxylic acids is 1. The molecule has 1 aliphatic rings. The summed E-state index contributed by atoms with van der Waals surface area (Å²) >= 11 is 1.63. The fourth-order valence-corrected chi connectivity index (χ4v) is 2.54. The van der Waals surface area contributed by atoms with Crippen molar-refractivity contribution in [2.45, 2.75) is 19.1 Å². The third-order valence-corrected chi connectivity index (χ3v) is 3.62. The van der Waals surface area contributed by atoms with Gasteiger partial charge in [-0.3, -0.25) is 9.69 Å². The minimum Gasteiger partial charge on any atom is -0.480 e. The lowest BCUT2D eigenvalue weighted by Crippen LogP contribution is -2.46. The van der Waals surface area contributed by atoms with Crippen LogP contribution in [0.25, 0.3) is 0 Å². The van der Waals surface area contributed by atoms with Gasteiger partial charge in [0.1, 0.15) is 6.04 Å². The molecular formula is C11H15NO3S. The van der Waals surface area contributed by atoms with Crippen LogP contribution in [0.1, 0.15) is 18.6 Å². The van der Waals surface area contributed by atoms with Crippen LogP contribution >= 0.6 is 11.3 Å². The van der Waals surface area contributed by atoms with Crippen molar-refractivity contribution in [2.75, 3.05) is 19.7 Å². The smallest absolute Gasteiger partial charge is 0.320 e. The molecule has 5 heteroatoms. The van der Waals surface area contributed by atoms with Gasteiger partial charge in [-0.25, -0.2) is 0 Å². The monoisotopic (exact) mass is 241 g/mol. The molecule has 0 unspecified atom stereocenters. The molecular weight excluding hydrogens is 226 g/mol. The van der Waals surface area contributed by atoms with Crippen molar-refractivity contribution in [1.29, 1.82) is 0 Å². The molecule has 2 rings (SSSR count). The zero-order chi connectivity index (χ0) is 11.5. The molecule has 0 radical (unpaired) electrons. The van der Waals surface area contributed by atoms with Crippen LogP contribution in [0, 0.1) is 0 Å². The molecule has 1 saturated heterocycles. The number of nitrogens with zero attached hydrogens (tertiary/aromatic N) is 1. The Balaban J connectivity index is 2.02. The normalized spacial score (nSPS) is 24.2. The predicted octanol–water partition coefficient (Wildman–Crippen LogP) is 1.59. The van der Waals surface area contributed by atoms with Gasteiger partial charge in [0.05, 0.1) is 12.7 Å². The Bertz CT molecular complexity index is 352. The Kier molecular flexibility index (Phi) is 3.58. The van der Waals surface area contributed by atoms with Gasteiger partial charge in [0, 0.05) is 13.1 Å². The molecule has 1 aromatic heterocycles. The second-order valence-electron chi connectivity index (χ2n) is 3.93. The number of carbonyl (C=O) groups is 1. The highest BCUT2D eigenvalue weighted by molar-refractivity contribution is 7.07. The molecule has 2 atom stereocenters. The zero-order valence-corrected chi connectivity index (χ0v) is 9.94. The van der Waals surface area contributed by atoms with Gasteiger partial charge < -0.3 is 9.84 Å². The van der Waals surface area contributed by atoms with Gasteiger partial charge in [0.2, 0.25) is 0 Å². The van der Waals surface area contributed by atoms with Crippen LogP contribution in [-0.4, -0.2) is 41.7 Å². The SMILES string of the molecule is C[C@H](C(=O)O)N1CCO[C@H](c2ccsc2)C1. The van der Waals surface area contributed by atoms with Crippen molar-refractivity contribution in [3.05, 3.63) is 22.4 Å². The van der Waals surface area contributed by atoms with E-state index in [1.165, 1.54) is 0 Å². The Morgan fingerprint density at radius 2 is 2.56 bits per heavy atom. The highest BCUT2D eigenvalue weighted by Gasteiger charge is 2.28. The van der Waals surface area contributed by atoms with E-state index < -0.39 is 12.0 Å². The minimum absolute atomic E-state index is 0.0156. The Morgan fingerprint density at radius 3 is 3.19 bits per heavy atom. The summed E-state index contributed by atoms with van der Waals surface area (Å²) in [5.41, 5.74) is 1.15. The fourth-order valence-electron chi connectivity index (χ4n) is 1.84. The molecule has 4 nitrogen and oxygen atoms in total. The van der Waals surface area contributed by atoms with Gasteiger partial charge in [0.15, 0.2) is 0 Å². The number of aliphatic carboxylic acids is 1. The third kappa shape index (κ3) is 2.42. The van der Waals surface area contributed by atoms with Crippen molar-refractivity contribution < 1.29 is 14.6 Å². The first-order valence-corrected chi connectivity index (χ1v) is 6.23. The van der Waals surface area contributed by atoms with Crippen LogP contribution in [0.5, 0.6) is 0 Å². The van der Waals surface area contributed by atoms with Crippen LogP contribution in [0.2, 0.25) is 0 Å². The molecule has 0 aliphatic carbocycles. The van der Waals surface area contributed by atoms with Crippen molar-refractivity contribution in [3.63, 3.8) is 0 Å². The molecule has 0 bridgehead atoms. The van der Waals surface area contributed by atoms with E-state index in [1.54, 1.807) is 18.3 Å². The van der Waals surface area contributed by atoms with E-state index in [9.17, 15) is 4.79 Å². The van der Waals surface area contributed by atoms with E-state index in [4.69, 9.17) is 9.84 Å². The second kappa shape index (κ2) is 4.95. The summed E-state index contributed by atoms with van der Waals surface area (Å²) in [7, 11) is 0. The number of morpholine rings is 1. The molecule has 1 N–H and O–H groups in total. The number of ether oxygens (including phenoxy) is 1. The quantitative estimate of drug-likeness (QED) is 0.873. The molecule has 0 saturated carbocycles. The minimum atomic E-state index is -0.772. The first kappa shape index (κ1) is 11.6. The number of hydrogen-bond acceptors (Lipinski definition) is 4. The zero-order valence-electron chi connectivity index (χ0n) is 9.13. The van der Waals surface area contributed by atoms with Crippen LogP contribution < -0.4 is 0 Å². The van der Waals surface area contributed by atoms with Crippen LogP contribution in [0.3, 0.4) is 0 Å². The standard InChI is InChI=1S/C11H15NO3S/c1-8(11(13)14)12-3-4-15-10(6-12)9-2-5-16-7-9/h2,5,7-8,10H,3-4,6H2,1H3,(H,13,14)/t8-,10+/m1/s1. The first-order chi connectivity index (χ1) is 7.68. The second-order valence-corrected chi connectivity index (χ2v) is 4.71. The average Bonchev–Trinajstić information content (AvgIpc) is 2.81. The predicted molar refractivity (Wildman–Crippen MR) is 61.7 cm³/mol. The maximum Gasteiger partial charge on any atom is 0.320 e. The Hall–Kier alpha value is -0.910. The topological polar surface area (TPSA) is 49.8 Å². The van der Waals surface area contributed by atoms with Gasteiger partial charge in [0.25, 0.3) is 0 Å². The van der Waals surface area contributed by atoms with Crippen LogP contribution in [-0.2, 0) is 9.53 Å². The van der Waals surface area contributed by atoms with Crippen molar-refractivity contribution >= 4 is 17.3 Å². The summed E-state index contributed by atoms with van der Waals surface area (Å²) in [6.07, 6.45) is 0.0156. The summed E-state index contributed by atoms with van der Waals surface area (Å²) in [6.45, 7) is 3.66. The largest absolute Gasteiger partial charge is 0.480 e. The number of carboxylic acid groups (broad SMARTS) is 1. The summed E-state index contributed by atoms with van der Waals surface area (Å²) < 4.78 is 5.65. The number of hydrogen-bond donors (Lipinski definition) is 1. The molecule has 1 aromatic rings. The summed E-state index contributed by atoms with van der Waals surface area (Å²) in [5.74, 6) is -0.772. The van der Waals surface area contributed by atoms with Gasteiger partial charge in [-0.05, 0) is 29.3 Å². The average molecular weight is 241 g/mol. The maximum atomic E-state index is 10.9. The van der Waals surface area contributed by atoms with E-state index in [1.807, 2.05) is 16.3 Å². The van der Waals surface area contributed by atoms with Gasteiger partial charge in [-0.2, -0.15) is 11.3 Å². The number of rotatable bonds is 3. The summed E-state index contributed by atoms with van der Waals surface area (Å²) in [5, 5.41) is 13.0. The van der Waals surface area contributed by atoms with E-state index in [-0.39, 0.29) is 6.10 Å². The summed E-state index contributed by atoms with van der Waals surface area (Å²) in [4.78, 5) is 12.9. The molecule has 1 aliphatic heterocycles. The van der Waals surface area contributed by atoms with E-state index >= 15 is 0 Å². The molecule has 16 heavy (non-hydrogen) atoms. The molecule has 1 fully saturated rings. The Morgan fingerprint density at radius 1 is 1.75 bits per heavy atom. The van der Waals surface area contributed by atoms with Crippen LogP contribution in [0.15, 0.2) is 16.8 Å². The Labute approximate surface area is 98.4 Å². The van der Waals surface area contributed by atoms with Crippen LogP contribution in [0.4, 0.5) is 0 Å². The maximum absolute atomic E-state index is 10.9. The molecule has 0 amide bonds. The molecule has 2 heterocycles. The van der Waals surface area contributed by atoms with Crippen molar-refractivity contribution in [1.82, 2.24) is 4.90 Å². The molecule has 0 aromatic carbocycles. The molecule has 88 valence electrons. The van der Waals surface area contributed by atoms with Crippen molar-refractivity contribution in [2.24, 2.45) is 0 Å². The molecule has 0 spiro atoms. The highest BCUT2D eigenvalue weighted by Crippen LogP contribution is 2.24. The summed E-state index contributed by atoms with van der Waals surface area (Å²) in [6, 6.07) is 1.59. The lowest BCUT2D eigenvalue weighted by Gasteiger charge is -2.34. The fraction of sp³-hybridized carbons (Fsp3) is 0.545.